The van der Waals surface area contributed by atoms with Crippen molar-refractivity contribution in [3.63, 3.8) is 0 Å². The molecule has 7 nitrogen and oxygen atoms in total. The van der Waals surface area contributed by atoms with E-state index in [0.717, 1.165) is 18.2 Å². The molecule has 1 fully saturated rings. The number of rotatable bonds is 6. The molecule has 2 rings (SSSR count). The van der Waals surface area contributed by atoms with Gasteiger partial charge in [0.2, 0.25) is 11.8 Å². The summed E-state index contributed by atoms with van der Waals surface area (Å²) in [4.78, 5) is 25.2. The predicted molar refractivity (Wildman–Crippen MR) is 95.0 cm³/mol. The molecule has 28 heavy (non-hydrogen) atoms. The molecule has 1 heterocycles. The highest BCUT2D eigenvalue weighted by Gasteiger charge is 2.32. The molecule has 1 aliphatic heterocycles. The van der Waals surface area contributed by atoms with E-state index in [4.69, 9.17) is 0 Å². The first-order valence-electron chi connectivity index (χ1n) is 8.23. The Bertz CT molecular complexity index is 851. The Morgan fingerprint density at radius 3 is 2.46 bits per heavy atom. The lowest BCUT2D eigenvalue weighted by molar-refractivity contribution is -0.274. The van der Waals surface area contributed by atoms with Gasteiger partial charge in [-0.15, -0.1) is 13.2 Å². The van der Waals surface area contributed by atoms with E-state index >= 15 is 0 Å². The molecule has 1 aromatic carbocycles. The molecule has 1 N–H and O–H groups in total. The number of ether oxygens (including phenoxy) is 1. The number of amides is 2. The van der Waals surface area contributed by atoms with Crippen LogP contribution in [0.3, 0.4) is 0 Å². The van der Waals surface area contributed by atoms with E-state index in [2.05, 4.69) is 10.1 Å². The van der Waals surface area contributed by atoms with E-state index in [1.807, 2.05) is 0 Å². The Labute approximate surface area is 160 Å². The Morgan fingerprint density at radius 2 is 1.93 bits per heavy atom. The molecule has 1 aromatic rings. The number of nitrogens with one attached hydrogen (secondary N) is 1. The minimum absolute atomic E-state index is 0.0389. The van der Waals surface area contributed by atoms with E-state index in [1.54, 1.807) is 0 Å². The highest BCUT2D eigenvalue weighted by Crippen LogP contribution is 2.23. The van der Waals surface area contributed by atoms with E-state index in [1.165, 1.54) is 30.2 Å². The SMILES string of the molecule is CN(C(=O)CNC(=O)/C=C/c1ccc(OC(F)(F)F)cc1)C1CCS(=O)(=O)C1. The van der Waals surface area contributed by atoms with Gasteiger partial charge >= 0.3 is 6.36 Å². The highest BCUT2D eigenvalue weighted by molar-refractivity contribution is 7.91. The summed E-state index contributed by atoms with van der Waals surface area (Å²) in [6.07, 6.45) is -1.91. The highest BCUT2D eigenvalue weighted by atomic mass is 32.2. The van der Waals surface area contributed by atoms with Crippen molar-refractivity contribution in [2.75, 3.05) is 25.1 Å². The fourth-order valence-electron chi connectivity index (χ4n) is 2.58. The minimum Gasteiger partial charge on any atom is -0.406 e. The van der Waals surface area contributed by atoms with Crippen LogP contribution in [0.2, 0.25) is 0 Å². The van der Waals surface area contributed by atoms with Gasteiger partial charge < -0.3 is 15.0 Å². The first-order valence-corrected chi connectivity index (χ1v) is 10.1. The number of sulfone groups is 1. The molecule has 0 radical (unpaired) electrons. The summed E-state index contributed by atoms with van der Waals surface area (Å²) in [7, 11) is -1.64. The van der Waals surface area contributed by atoms with Crippen molar-refractivity contribution in [3.05, 3.63) is 35.9 Å². The molecule has 1 unspecified atom stereocenters. The number of halogens is 3. The lowest BCUT2D eigenvalue weighted by Crippen LogP contribution is -2.43. The average molecular weight is 420 g/mol. The molecule has 0 aromatic heterocycles. The van der Waals surface area contributed by atoms with Gasteiger partial charge in [-0.2, -0.15) is 0 Å². The van der Waals surface area contributed by atoms with Crippen LogP contribution >= 0.6 is 0 Å². The average Bonchev–Trinajstić information content (AvgIpc) is 2.97. The number of benzene rings is 1. The van der Waals surface area contributed by atoms with E-state index < -0.39 is 34.1 Å². The summed E-state index contributed by atoms with van der Waals surface area (Å²) < 4.78 is 62.9. The summed E-state index contributed by atoms with van der Waals surface area (Å²) >= 11 is 0. The van der Waals surface area contributed by atoms with Gasteiger partial charge in [-0.1, -0.05) is 12.1 Å². The number of carbonyl (C=O) groups excluding carboxylic acids is 2. The zero-order chi connectivity index (χ0) is 20.9. The maximum absolute atomic E-state index is 12.1. The van der Waals surface area contributed by atoms with Gasteiger partial charge in [0.05, 0.1) is 18.1 Å². The summed E-state index contributed by atoms with van der Waals surface area (Å²) in [6.45, 7) is -0.297. The summed E-state index contributed by atoms with van der Waals surface area (Å²) in [5.41, 5.74) is 0.462. The largest absolute Gasteiger partial charge is 0.573 e. The fraction of sp³-hybridized carbons (Fsp3) is 0.412. The molecule has 0 bridgehead atoms. The normalized spacial score (nSPS) is 18.8. The first kappa shape index (κ1) is 21.7. The van der Waals surface area contributed by atoms with E-state index in [0.29, 0.717) is 12.0 Å². The van der Waals surface area contributed by atoms with E-state index in [9.17, 15) is 31.2 Å². The second-order valence-electron chi connectivity index (χ2n) is 6.23. The maximum Gasteiger partial charge on any atom is 0.573 e. The third-order valence-corrected chi connectivity index (χ3v) is 5.85. The lowest BCUT2D eigenvalue weighted by atomic mass is 10.2. The molecule has 154 valence electrons. The lowest BCUT2D eigenvalue weighted by Gasteiger charge is -2.23. The monoisotopic (exact) mass is 420 g/mol. The van der Waals surface area contributed by atoms with Crippen LogP contribution in [-0.4, -0.2) is 62.6 Å². The van der Waals surface area contributed by atoms with Gasteiger partial charge in [-0.25, -0.2) is 8.42 Å². The summed E-state index contributed by atoms with van der Waals surface area (Å²) in [5.74, 6) is -1.42. The number of hydrogen-bond donors (Lipinski definition) is 1. The van der Waals surface area contributed by atoms with Crippen molar-refractivity contribution in [2.45, 2.75) is 18.8 Å². The van der Waals surface area contributed by atoms with Crippen molar-refractivity contribution in [1.82, 2.24) is 10.2 Å². The Balaban J connectivity index is 1.81. The third kappa shape index (κ3) is 6.87. The van der Waals surface area contributed by atoms with Crippen molar-refractivity contribution in [1.29, 1.82) is 0 Å². The topological polar surface area (TPSA) is 92.8 Å². The summed E-state index contributed by atoms with van der Waals surface area (Å²) in [5, 5.41) is 2.38. The van der Waals surface area contributed by atoms with Gasteiger partial charge in [0.15, 0.2) is 9.84 Å². The number of alkyl halides is 3. The van der Waals surface area contributed by atoms with E-state index in [-0.39, 0.29) is 23.8 Å². The Kier molecular flexibility index (Phi) is 6.70. The second kappa shape index (κ2) is 8.63. The van der Waals surface area contributed by atoms with Crippen LogP contribution in [0.15, 0.2) is 30.3 Å². The molecule has 0 spiro atoms. The molecule has 0 saturated carbocycles. The second-order valence-corrected chi connectivity index (χ2v) is 8.46. The Hall–Kier alpha value is -2.56. The van der Waals surface area contributed by atoms with Gasteiger partial charge in [0, 0.05) is 19.2 Å². The zero-order valence-electron chi connectivity index (χ0n) is 14.9. The standard InChI is InChI=1S/C17H19F3N2O5S/c1-22(13-8-9-28(25,26)11-13)16(24)10-21-15(23)7-4-12-2-5-14(6-3-12)27-17(18,19)20/h2-7,13H,8-11H2,1H3,(H,21,23)/b7-4+. The van der Waals surface area contributed by atoms with Crippen LogP contribution in [-0.2, 0) is 19.4 Å². The van der Waals surface area contributed by atoms with Crippen LogP contribution in [0.1, 0.15) is 12.0 Å². The maximum atomic E-state index is 12.1. The van der Waals surface area contributed by atoms with Crippen LogP contribution in [0.4, 0.5) is 13.2 Å². The van der Waals surface area contributed by atoms with Gasteiger partial charge in [0.25, 0.3) is 0 Å². The molecule has 0 aliphatic carbocycles. The van der Waals surface area contributed by atoms with Crippen molar-refractivity contribution in [3.8, 4) is 5.75 Å². The molecule has 1 saturated heterocycles. The van der Waals surface area contributed by atoms with Gasteiger partial charge in [-0.3, -0.25) is 9.59 Å². The third-order valence-electron chi connectivity index (χ3n) is 4.10. The molecule has 11 heteroatoms. The molecule has 1 atom stereocenters. The van der Waals surface area contributed by atoms with Crippen LogP contribution in [0.5, 0.6) is 5.75 Å². The molecular weight excluding hydrogens is 401 g/mol. The number of nitrogens with zero attached hydrogens (tertiary/aromatic N) is 1. The smallest absolute Gasteiger partial charge is 0.406 e. The Morgan fingerprint density at radius 1 is 1.29 bits per heavy atom. The fourth-order valence-corrected chi connectivity index (χ4v) is 4.36. The zero-order valence-corrected chi connectivity index (χ0v) is 15.7. The quantitative estimate of drug-likeness (QED) is 0.702. The predicted octanol–water partition coefficient (Wildman–Crippen LogP) is 1.36. The van der Waals surface area contributed by atoms with Gasteiger partial charge in [0.1, 0.15) is 5.75 Å². The number of likely N-dealkylation sites (N-methyl/N-ethyl adjacent to an activating group) is 1. The first-order chi connectivity index (χ1) is 13.0. The van der Waals surface area contributed by atoms with Gasteiger partial charge in [-0.05, 0) is 30.2 Å². The molecular formula is C17H19F3N2O5S. The molecule has 1 aliphatic rings. The van der Waals surface area contributed by atoms with Crippen molar-refractivity contribution >= 4 is 27.7 Å². The molecule has 2 amide bonds. The van der Waals surface area contributed by atoms with Crippen LogP contribution < -0.4 is 10.1 Å². The minimum atomic E-state index is -4.78. The summed E-state index contributed by atoms with van der Waals surface area (Å²) in [6, 6.07) is 4.50. The number of carbonyl (C=O) groups is 2. The van der Waals surface area contributed by atoms with Crippen LogP contribution in [0.25, 0.3) is 6.08 Å². The number of hydrogen-bond acceptors (Lipinski definition) is 5. The van der Waals surface area contributed by atoms with Crippen molar-refractivity contribution < 1.29 is 35.9 Å². The van der Waals surface area contributed by atoms with Crippen LogP contribution in [0, 0.1) is 0 Å². The van der Waals surface area contributed by atoms with Crippen molar-refractivity contribution in [2.24, 2.45) is 0 Å².